The van der Waals surface area contributed by atoms with E-state index in [0.29, 0.717) is 44.6 Å². The third-order valence-electron chi connectivity index (χ3n) is 5.30. The summed E-state index contributed by atoms with van der Waals surface area (Å²) in [5.41, 5.74) is 2.13. The fraction of sp³-hybridized carbons (Fsp3) is 0.550. The van der Waals surface area contributed by atoms with Crippen LogP contribution in [0.1, 0.15) is 24.3 Å². The third kappa shape index (κ3) is 4.36. The molecule has 0 spiro atoms. The molecular weight excluding hydrogens is 344 g/mol. The van der Waals surface area contributed by atoms with Crippen LogP contribution in [0.5, 0.6) is 0 Å². The van der Waals surface area contributed by atoms with Gasteiger partial charge in [0.1, 0.15) is 0 Å². The minimum atomic E-state index is 0.0522. The lowest BCUT2D eigenvalue weighted by molar-refractivity contribution is -0.141. The zero-order valence-electron chi connectivity index (χ0n) is 15.8. The maximum Gasteiger partial charge on any atom is 0.247 e. The van der Waals surface area contributed by atoms with E-state index in [9.17, 15) is 4.79 Å². The van der Waals surface area contributed by atoms with Gasteiger partial charge in [-0.2, -0.15) is 0 Å². The van der Waals surface area contributed by atoms with Crippen molar-refractivity contribution < 1.29 is 13.9 Å². The molecule has 27 heavy (non-hydrogen) atoms. The van der Waals surface area contributed by atoms with Crippen LogP contribution in [-0.4, -0.2) is 65.3 Å². The molecule has 1 amide bonds. The second-order valence-electron chi connectivity index (χ2n) is 7.38. The van der Waals surface area contributed by atoms with Gasteiger partial charge in [-0.1, -0.05) is 17.7 Å². The molecule has 0 unspecified atom stereocenters. The van der Waals surface area contributed by atoms with Gasteiger partial charge in [-0.05, 0) is 38.4 Å². The summed E-state index contributed by atoms with van der Waals surface area (Å²) in [7, 11) is 0. The highest BCUT2D eigenvalue weighted by Gasteiger charge is 2.30. The lowest BCUT2D eigenvalue weighted by Gasteiger charge is -2.35. The summed E-state index contributed by atoms with van der Waals surface area (Å²) >= 11 is 0. The van der Waals surface area contributed by atoms with E-state index in [1.165, 1.54) is 5.56 Å². The predicted octanol–water partition coefficient (Wildman–Crippen LogP) is 2.12. The number of morpholine rings is 1. The number of carbonyl (C=O) groups is 1. The van der Waals surface area contributed by atoms with Gasteiger partial charge < -0.3 is 14.1 Å². The Kier molecular flexibility index (Phi) is 5.50. The molecule has 0 aliphatic carbocycles. The van der Waals surface area contributed by atoms with Gasteiger partial charge in [-0.15, -0.1) is 10.2 Å². The van der Waals surface area contributed by atoms with Crippen molar-refractivity contribution >= 4 is 5.91 Å². The number of rotatable bonds is 4. The van der Waals surface area contributed by atoms with Crippen LogP contribution < -0.4 is 0 Å². The zero-order chi connectivity index (χ0) is 18.6. The first kappa shape index (κ1) is 18.1. The maximum absolute atomic E-state index is 12.8. The molecule has 1 aromatic heterocycles. The molecule has 4 rings (SSSR count). The van der Waals surface area contributed by atoms with Crippen molar-refractivity contribution in [3.8, 4) is 11.5 Å². The van der Waals surface area contributed by atoms with Gasteiger partial charge in [-0.25, -0.2) is 0 Å². The first-order chi connectivity index (χ1) is 13.2. The monoisotopic (exact) mass is 370 g/mol. The predicted molar refractivity (Wildman–Crippen MR) is 99.9 cm³/mol. The van der Waals surface area contributed by atoms with E-state index in [1.54, 1.807) is 0 Å². The summed E-state index contributed by atoms with van der Waals surface area (Å²) in [4.78, 5) is 17.0. The number of benzene rings is 1. The highest BCUT2D eigenvalue weighted by Crippen LogP contribution is 2.23. The summed E-state index contributed by atoms with van der Waals surface area (Å²) in [6, 6.07) is 8.05. The van der Waals surface area contributed by atoms with Crippen molar-refractivity contribution in [1.82, 2.24) is 20.0 Å². The lowest BCUT2D eigenvalue weighted by Crippen LogP contribution is -2.48. The summed E-state index contributed by atoms with van der Waals surface area (Å²) in [5.74, 6) is 1.46. The Morgan fingerprint density at radius 2 is 1.93 bits per heavy atom. The molecule has 2 aliphatic rings. The topological polar surface area (TPSA) is 71.7 Å². The molecule has 0 saturated carbocycles. The quantitative estimate of drug-likeness (QED) is 0.821. The van der Waals surface area contributed by atoms with Crippen molar-refractivity contribution in [2.24, 2.45) is 5.92 Å². The van der Waals surface area contributed by atoms with Gasteiger partial charge in [0.2, 0.25) is 17.7 Å². The molecule has 0 N–H and O–H groups in total. The van der Waals surface area contributed by atoms with Gasteiger partial charge in [0.25, 0.3) is 0 Å². The van der Waals surface area contributed by atoms with Crippen LogP contribution in [0.3, 0.4) is 0 Å². The van der Waals surface area contributed by atoms with Crippen molar-refractivity contribution in [3.05, 3.63) is 35.7 Å². The average molecular weight is 370 g/mol. The molecule has 2 aromatic rings. The van der Waals surface area contributed by atoms with Crippen LogP contribution in [0.25, 0.3) is 11.5 Å². The number of aryl methyl sites for hydroxylation is 1. The third-order valence-corrected chi connectivity index (χ3v) is 5.30. The van der Waals surface area contributed by atoms with Crippen LogP contribution >= 0.6 is 0 Å². The Balaban J connectivity index is 1.36. The van der Waals surface area contributed by atoms with Crippen LogP contribution in [-0.2, 0) is 16.1 Å². The molecule has 0 bridgehead atoms. The number of likely N-dealkylation sites (tertiary alicyclic amines) is 1. The molecule has 3 heterocycles. The SMILES string of the molecule is Cc1ccc(-c2nnc(CN3CCC[C@H](C(=O)N4CCOCC4)C3)o2)cc1. The number of hydrogen-bond acceptors (Lipinski definition) is 6. The molecule has 0 radical (unpaired) electrons. The number of aromatic nitrogens is 2. The highest BCUT2D eigenvalue weighted by atomic mass is 16.5. The Labute approximate surface area is 159 Å². The summed E-state index contributed by atoms with van der Waals surface area (Å²) < 4.78 is 11.2. The molecule has 144 valence electrons. The highest BCUT2D eigenvalue weighted by molar-refractivity contribution is 5.79. The molecule has 2 saturated heterocycles. The number of piperidine rings is 1. The smallest absolute Gasteiger partial charge is 0.247 e. The van der Waals surface area contributed by atoms with Crippen molar-refractivity contribution in [1.29, 1.82) is 0 Å². The zero-order valence-corrected chi connectivity index (χ0v) is 15.8. The second kappa shape index (κ2) is 8.19. The minimum Gasteiger partial charge on any atom is -0.419 e. The molecule has 7 nitrogen and oxygen atoms in total. The number of ether oxygens (including phenoxy) is 1. The van der Waals surface area contributed by atoms with E-state index in [2.05, 4.69) is 15.1 Å². The Morgan fingerprint density at radius 1 is 1.15 bits per heavy atom. The first-order valence-electron chi connectivity index (χ1n) is 9.67. The van der Waals surface area contributed by atoms with Crippen molar-refractivity contribution in [3.63, 3.8) is 0 Å². The van der Waals surface area contributed by atoms with Crippen LogP contribution in [0.15, 0.2) is 28.7 Å². The molecule has 7 heteroatoms. The summed E-state index contributed by atoms with van der Waals surface area (Å²) in [6.07, 6.45) is 1.96. The molecule has 1 atom stereocenters. The first-order valence-corrected chi connectivity index (χ1v) is 9.67. The average Bonchev–Trinajstić information content (AvgIpc) is 3.17. The molecule has 2 aliphatic heterocycles. The van der Waals surface area contributed by atoms with E-state index >= 15 is 0 Å². The van der Waals surface area contributed by atoms with Crippen molar-refractivity contribution in [2.45, 2.75) is 26.3 Å². The number of amides is 1. The van der Waals surface area contributed by atoms with E-state index in [0.717, 1.165) is 31.5 Å². The standard InChI is InChI=1S/C20H26N4O3/c1-15-4-6-16(7-5-15)19-22-21-18(27-19)14-23-8-2-3-17(13-23)20(25)24-9-11-26-12-10-24/h4-7,17H,2-3,8-14H2,1H3/t17-/m0/s1. The van der Waals surface area contributed by atoms with E-state index in [-0.39, 0.29) is 11.8 Å². The van der Waals surface area contributed by atoms with Gasteiger partial charge in [-0.3, -0.25) is 9.69 Å². The maximum atomic E-state index is 12.8. The van der Waals surface area contributed by atoms with Gasteiger partial charge in [0, 0.05) is 25.2 Å². The molecular formula is C20H26N4O3. The van der Waals surface area contributed by atoms with E-state index in [1.807, 2.05) is 36.1 Å². The van der Waals surface area contributed by atoms with E-state index < -0.39 is 0 Å². The second-order valence-corrected chi connectivity index (χ2v) is 7.38. The Hall–Kier alpha value is -2.25. The normalized spacial score (nSPS) is 21.4. The molecule has 2 fully saturated rings. The van der Waals surface area contributed by atoms with Gasteiger partial charge in [0.05, 0.1) is 25.7 Å². The minimum absolute atomic E-state index is 0.0522. The van der Waals surface area contributed by atoms with E-state index in [4.69, 9.17) is 9.15 Å². The van der Waals surface area contributed by atoms with Crippen molar-refractivity contribution in [2.75, 3.05) is 39.4 Å². The van der Waals surface area contributed by atoms with Crippen LogP contribution in [0.2, 0.25) is 0 Å². The largest absolute Gasteiger partial charge is 0.419 e. The summed E-state index contributed by atoms with van der Waals surface area (Å²) in [6.45, 7) is 7.04. The Morgan fingerprint density at radius 3 is 2.70 bits per heavy atom. The fourth-order valence-electron chi connectivity index (χ4n) is 3.76. The number of nitrogens with zero attached hydrogens (tertiary/aromatic N) is 4. The Bertz CT molecular complexity index is 768. The lowest BCUT2D eigenvalue weighted by atomic mass is 9.96. The molecule has 1 aromatic carbocycles. The van der Waals surface area contributed by atoms with Crippen LogP contribution in [0.4, 0.5) is 0 Å². The number of carbonyl (C=O) groups excluding carboxylic acids is 1. The van der Waals surface area contributed by atoms with Gasteiger partial charge in [0.15, 0.2) is 0 Å². The fourth-order valence-corrected chi connectivity index (χ4v) is 3.76. The summed E-state index contributed by atoms with van der Waals surface area (Å²) in [5, 5.41) is 8.38. The number of hydrogen-bond donors (Lipinski definition) is 0. The van der Waals surface area contributed by atoms with Gasteiger partial charge >= 0.3 is 0 Å². The van der Waals surface area contributed by atoms with Crippen LogP contribution in [0, 0.1) is 12.8 Å².